The van der Waals surface area contributed by atoms with Gasteiger partial charge in [-0.15, -0.1) is 0 Å². The van der Waals surface area contributed by atoms with Crippen LogP contribution in [-0.4, -0.2) is 118 Å². The van der Waals surface area contributed by atoms with E-state index in [0.29, 0.717) is 31.4 Å². The molecule has 5 amide bonds. The third kappa shape index (κ3) is 10.5. The fourth-order valence-electron chi connectivity index (χ4n) is 5.29. The minimum absolute atomic E-state index is 0.0208. The Morgan fingerprint density at radius 1 is 0.804 bits per heavy atom. The molecule has 2 aliphatic heterocycles. The normalized spacial score (nSPS) is 19.3. The fraction of sp³-hybridized carbons (Fsp3) is 0.517. The van der Waals surface area contributed by atoms with Crippen LogP contribution in [0.25, 0.3) is 0 Å². The van der Waals surface area contributed by atoms with E-state index < -0.39 is 97.0 Å². The molecular formula is C29H38N6O11. The van der Waals surface area contributed by atoms with Crippen molar-refractivity contribution in [2.45, 2.75) is 75.2 Å². The lowest BCUT2D eigenvalue weighted by Crippen LogP contribution is -2.57. The van der Waals surface area contributed by atoms with Crippen LogP contribution in [0.4, 0.5) is 0 Å². The van der Waals surface area contributed by atoms with Crippen LogP contribution in [0.1, 0.15) is 44.1 Å². The van der Waals surface area contributed by atoms with Crippen molar-refractivity contribution in [2.24, 2.45) is 0 Å². The minimum atomic E-state index is -1.75. The van der Waals surface area contributed by atoms with E-state index in [4.69, 9.17) is 0 Å². The van der Waals surface area contributed by atoms with E-state index in [2.05, 4.69) is 26.6 Å². The van der Waals surface area contributed by atoms with E-state index in [0.717, 1.165) is 0 Å². The summed E-state index contributed by atoms with van der Waals surface area (Å²) in [7, 11) is 0. The lowest BCUT2D eigenvalue weighted by Gasteiger charge is -2.27. The van der Waals surface area contributed by atoms with Crippen LogP contribution < -0.4 is 26.6 Å². The summed E-state index contributed by atoms with van der Waals surface area (Å²) in [6, 6.07) is 2.40. The van der Waals surface area contributed by atoms with Gasteiger partial charge in [0, 0.05) is 13.0 Å². The number of carbonyl (C=O) groups excluding carboxylic acids is 5. The molecule has 17 nitrogen and oxygen atoms in total. The van der Waals surface area contributed by atoms with Gasteiger partial charge < -0.3 is 46.8 Å². The van der Waals surface area contributed by atoms with Crippen molar-refractivity contribution in [3.63, 3.8) is 0 Å². The van der Waals surface area contributed by atoms with Gasteiger partial charge in [0.2, 0.25) is 29.5 Å². The summed E-state index contributed by atoms with van der Waals surface area (Å²) in [6.07, 6.45) is 0.138. The predicted octanol–water partition coefficient (Wildman–Crippen LogP) is -2.42. The van der Waals surface area contributed by atoms with Crippen molar-refractivity contribution in [3.05, 3.63) is 35.9 Å². The van der Waals surface area contributed by atoms with Crippen LogP contribution in [0.5, 0.6) is 0 Å². The largest absolute Gasteiger partial charge is 0.481 e. The third-order valence-corrected chi connectivity index (χ3v) is 7.56. The van der Waals surface area contributed by atoms with Gasteiger partial charge in [0.25, 0.3) is 0 Å². The van der Waals surface area contributed by atoms with Gasteiger partial charge in [-0.3, -0.25) is 33.6 Å². The van der Waals surface area contributed by atoms with Crippen LogP contribution in [0, 0.1) is 0 Å². The first-order valence-electron chi connectivity index (χ1n) is 14.8. The summed E-state index contributed by atoms with van der Waals surface area (Å²) in [4.78, 5) is 100. The maximum atomic E-state index is 13.4. The number of rotatable bonds is 16. The Morgan fingerprint density at radius 3 is 2.04 bits per heavy atom. The van der Waals surface area contributed by atoms with E-state index in [1.165, 1.54) is 4.90 Å². The van der Waals surface area contributed by atoms with E-state index in [9.17, 15) is 53.7 Å². The SMILES string of the molecule is O=C(O)C[C@H](NC(=O)[C@H](CC(=O)O)NC(=O)[C@@H]1CCCN1)C(=O)NCC(=O)N[C@@H](Cc1ccccc1)C(=O)N1CCC[C@H]1C(=O)O. The standard InChI is InChI=1S/C29H38N6O11/c36-22(32-20(12-16-6-2-1-3-7-16)28(44)35-11-5-9-21(35)29(45)46)15-31-25(41)18(13-23(37)38)33-27(43)19(14-24(39)40)34-26(42)17-8-4-10-30-17/h1-3,6-7,17-21,30H,4-5,8-15H2,(H,31,41)(H,32,36)(H,33,43)(H,34,42)(H,37,38)(H,39,40)(H,45,46)/t17-,18-,19-,20-,21-/m0/s1. The molecule has 0 aromatic heterocycles. The van der Waals surface area contributed by atoms with Crippen LogP contribution in [0.3, 0.4) is 0 Å². The van der Waals surface area contributed by atoms with Crippen molar-refractivity contribution in [3.8, 4) is 0 Å². The molecule has 250 valence electrons. The smallest absolute Gasteiger partial charge is 0.326 e. The average molecular weight is 647 g/mol. The number of nitrogens with one attached hydrogen (secondary N) is 5. The minimum Gasteiger partial charge on any atom is -0.481 e. The molecule has 5 atom stereocenters. The molecule has 2 aliphatic rings. The number of benzene rings is 1. The Bertz CT molecular complexity index is 1320. The predicted molar refractivity (Wildman–Crippen MR) is 157 cm³/mol. The summed E-state index contributed by atoms with van der Waals surface area (Å²) >= 11 is 0. The maximum Gasteiger partial charge on any atom is 0.326 e. The van der Waals surface area contributed by atoms with E-state index in [1.54, 1.807) is 30.3 Å². The molecule has 2 heterocycles. The number of carbonyl (C=O) groups is 8. The number of carboxylic acids is 3. The highest BCUT2D eigenvalue weighted by Gasteiger charge is 2.38. The molecule has 17 heteroatoms. The van der Waals surface area contributed by atoms with E-state index >= 15 is 0 Å². The number of likely N-dealkylation sites (tertiary alicyclic amines) is 1. The van der Waals surface area contributed by atoms with Crippen LogP contribution in [-0.2, 0) is 44.8 Å². The summed E-state index contributed by atoms with van der Waals surface area (Å²) in [5.74, 6) is -8.41. The molecule has 2 saturated heterocycles. The molecular weight excluding hydrogens is 608 g/mol. The number of hydrogen-bond acceptors (Lipinski definition) is 9. The molecule has 0 radical (unpaired) electrons. The highest BCUT2D eigenvalue weighted by molar-refractivity contribution is 5.97. The highest BCUT2D eigenvalue weighted by atomic mass is 16.4. The first-order chi connectivity index (χ1) is 21.8. The lowest BCUT2D eigenvalue weighted by molar-refractivity contribution is -0.149. The van der Waals surface area contributed by atoms with Gasteiger partial charge in [-0.2, -0.15) is 0 Å². The monoisotopic (exact) mass is 646 g/mol. The van der Waals surface area contributed by atoms with Crippen LogP contribution in [0.15, 0.2) is 30.3 Å². The summed E-state index contributed by atoms with van der Waals surface area (Å²) < 4.78 is 0. The quantitative estimate of drug-likeness (QED) is 0.0933. The number of nitrogens with zero attached hydrogens (tertiary/aromatic N) is 1. The maximum absolute atomic E-state index is 13.4. The lowest BCUT2D eigenvalue weighted by atomic mass is 10.0. The topological polar surface area (TPSA) is 261 Å². The third-order valence-electron chi connectivity index (χ3n) is 7.56. The molecule has 0 saturated carbocycles. The summed E-state index contributed by atoms with van der Waals surface area (Å²) in [5.41, 5.74) is 0.673. The second kappa shape index (κ2) is 16.9. The van der Waals surface area contributed by atoms with Gasteiger partial charge in [-0.25, -0.2) is 4.79 Å². The van der Waals surface area contributed by atoms with Crippen LogP contribution >= 0.6 is 0 Å². The van der Waals surface area contributed by atoms with Crippen molar-refractivity contribution < 1.29 is 53.7 Å². The molecule has 0 unspecified atom stereocenters. The second-order valence-corrected chi connectivity index (χ2v) is 11.0. The van der Waals surface area contributed by atoms with Gasteiger partial charge >= 0.3 is 17.9 Å². The molecule has 1 aromatic carbocycles. The molecule has 3 rings (SSSR count). The molecule has 1 aromatic rings. The number of aliphatic carboxylic acids is 3. The van der Waals surface area contributed by atoms with Crippen molar-refractivity contribution in [1.82, 2.24) is 31.5 Å². The van der Waals surface area contributed by atoms with Gasteiger partial charge in [0.05, 0.1) is 25.4 Å². The Balaban J connectivity index is 1.66. The Morgan fingerprint density at radius 2 is 1.46 bits per heavy atom. The molecule has 0 bridgehead atoms. The van der Waals surface area contributed by atoms with Gasteiger partial charge in [-0.1, -0.05) is 30.3 Å². The number of hydrogen-bond donors (Lipinski definition) is 8. The Hall–Kier alpha value is -5.06. The average Bonchev–Trinajstić information content (AvgIpc) is 3.72. The Kier molecular flexibility index (Phi) is 13.0. The fourth-order valence-corrected chi connectivity index (χ4v) is 5.29. The molecule has 8 N–H and O–H groups in total. The van der Waals surface area contributed by atoms with Crippen LogP contribution in [0.2, 0.25) is 0 Å². The molecule has 0 spiro atoms. The zero-order valence-electron chi connectivity index (χ0n) is 24.9. The van der Waals surface area contributed by atoms with Gasteiger partial charge in [-0.05, 0) is 37.8 Å². The summed E-state index contributed by atoms with van der Waals surface area (Å²) in [5, 5.41) is 40.1. The zero-order chi connectivity index (χ0) is 33.8. The first-order valence-corrected chi connectivity index (χ1v) is 14.8. The van der Waals surface area contributed by atoms with Gasteiger partial charge in [0.1, 0.15) is 24.2 Å². The highest BCUT2D eigenvalue weighted by Crippen LogP contribution is 2.19. The molecule has 0 aliphatic carbocycles. The number of amides is 5. The van der Waals surface area contributed by atoms with Gasteiger partial charge in [0.15, 0.2) is 0 Å². The molecule has 2 fully saturated rings. The van der Waals surface area contributed by atoms with E-state index in [1.807, 2.05) is 0 Å². The number of carboxylic acid groups (broad SMARTS) is 3. The second-order valence-electron chi connectivity index (χ2n) is 11.0. The Labute approximate surface area is 263 Å². The van der Waals surface area contributed by atoms with Crippen molar-refractivity contribution in [2.75, 3.05) is 19.6 Å². The van der Waals surface area contributed by atoms with E-state index in [-0.39, 0.29) is 19.4 Å². The summed E-state index contributed by atoms with van der Waals surface area (Å²) in [6.45, 7) is 0.00371. The zero-order valence-corrected chi connectivity index (χ0v) is 24.9. The van der Waals surface area contributed by atoms with Crippen molar-refractivity contribution >= 4 is 47.4 Å². The molecule has 46 heavy (non-hydrogen) atoms. The first kappa shape index (κ1) is 35.4. The van der Waals surface area contributed by atoms with Crippen molar-refractivity contribution in [1.29, 1.82) is 0 Å².